The first-order valence-corrected chi connectivity index (χ1v) is 4.88. The zero-order valence-corrected chi connectivity index (χ0v) is 9.17. The second kappa shape index (κ2) is 5.77. The van der Waals surface area contributed by atoms with Crippen molar-refractivity contribution in [1.29, 1.82) is 0 Å². The number of alkyl halides is 2. The number of hydrogen-bond donors (Lipinski definition) is 1. The number of nitrogens with one attached hydrogen (secondary N) is 1. The van der Waals surface area contributed by atoms with Crippen molar-refractivity contribution in [2.45, 2.75) is 19.5 Å². The second-order valence-corrected chi connectivity index (χ2v) is 3.50. The van der Waals surface area contributed by atoms with Crippen molar-refractivity contribution in [2.24, 2.45) is 0 Å². The van der Waals surface area contributed by atoms with Crippen LogP contribution in [0.5, 0.6) is 5.75 Å². The molecule has 0 aliphatic heterocycles. The molecule has 1 N–H and O–H groups in total. The molecule has 0 aliphatic rings. The van der Waals surface area contributed by atoms with E-state index in [9.17, 15) is 13.6 Å². The van der Waals surface area contributed by atoms with Crippen molar-refractivity contribution in [3.63, 3.8) is 0 Å². The Morgan fingerprint density at radius 2 is 1.94 bits per heavy atom. The molecule has 6 heteroatoms. The van der Waals surface area contributed by atoms with Crippen LogP contribution in [0.1, 0.15) is 6.92 Å². The summed E-state index contributed by atoms with van der Waals surface area (Å²) in [5.74, 6) is -0.514. The van der Waals surface area contributed by atoms with Crippen LogP contribution in [0, 0.1) is 0 Å². The Morgan fingerprint density at radius 1 is 1.38 bits per heavy atom. The number of halogens is 3. The average molecular weight is 250 g/mol. The van der Waals surface area contributed by atoms with Crippen LogP contribution in [0.25, 0.3) is 0 Å². The quantitative estimate of drug-likeness (QED) is 0.506. The fraction of sp³-hybridized carbons (Fsp3) is 0.300. The molecule has 0 unspecified atom stereocenters. The molecular formula is C10H10ClF2NO2. The van der Waals surface area contributed by atoms with Gasteiger partial charge in [0.15, 0.2) is 0 Å². The van der Waals surface area contributed by atoms with Crippen molar-refractivity contribution < 1.29 is 18.3 Å². The molecule has 0 saturated carbocycles. The molecular weight excluding hydrogens is 240 g/mol. The van der Waals surface area contributed by atoms with Gasteiger partial charge in [-0.2, -0.15) is 8.78 Å². The minimum Gasteiger partial charge on any atom is -0.425 e. The monoisotopic (exact) mass is 249 g/mol. The van der Waals surface area contributed by atoms with Gasteiger partial charge in [0.05, 0.1) is 0 Å². The molecule has 88 valence electrons. The number of rotatable bonds is 4. The van der Waals surface area contributed by atoms with Crippen LogP contribution in [0.2, 0.25) is 5.02 Å². The Kier molecular flexibility index (Phi) is 4.64. The van der Waals surface area contributed by atoms with Crippen LogP contribution in [-0.2, 0) is 4.79 Å². The van der Waals surface area contributed by atoms with Gasteiger partial charge < -0.3 is 4.74 Å². The standard InChI is InChI=1S/C10H10ClF2NO2/c1-6(14-10(12)13)9(15)16-8-4-2-7(11)3-5-8/h2-6,10,14H,1H3/t6-/m0/s1. The molecule has 1 aromatic rings. The van der Waals surface area contributed by atoms with Crippen molar-refractivity contribution in [2.75, 3.05) is 0 Å². The van der Waals surface area contributed by atoms with E-state index >= 15 is 0 Å². The van der Waals surface area contributed by atoms with Crippen molar-refractivity contribution in [3.8, 4) is 5.75 Å². The summed E-state index contributed by atoms with van der Waals surface area (Å²) in [5, 5.41) is 2.24. The van der Waals surface area contributed by atoms with E-state index in [1.54, 1.807) is 5.32 Å². The third-order valence-electron chi connectivity index (χ3n) is 1.76. The maximum atomic E-state index is 11.9. The first kappa shape index (κ1) is 12.9. The number of carbonyl (C=O) groups excluding carboxylic acids is 1. The molecule has 1 rings (SSSR count). The summed E-state index contributed by atoms with van der Waals surface area (Å²) >= 11 is 5.63. The summed E-state index contributed by atoms with van der Waals surface area (Å²) < 4.78 is 28.6. The van der Waals surface area contributed by atoms with Gasteiger partial charge in [-0.05, 0) is 31.2 Å². The molecule has 0 aromatic heterocycles. The number of carbonyl (C=O) groups is 1. The normalized spacial score (nSPS) is 12.6. The van der Waals surface area contributed by atoms with E-state index in [-0.39, 0.29) is 5.75 Å². The fourth-order valence-electron chi connectivity index (χ4n) is 0.964. The van der Waals surface area contributed by atoms with Crippen LogP contribution < -0.4 is 10.1 Å². The molecule has 0 amide bonds. The Morgan fingerprint density at radius 3 is 2.44 bits per heavy atom. The van der Waals surface area contributed by atoms with Crippen LogP contribution in [0.3, 0.4) is 0 Å². The smallest absolute Gasteiger partial charge is 0.328 e. The third-order valence-corrected chi connectivity index (χ3v) is 2.01. The Labute approximate surface area is 96.4 Å². The highest BCUT2D eigenvalue weighted by molar-refractivity contribution is 6.30. The topological polar surface area (TPSA) is 38.3 Å². The highest BCUT2D eigenvalue weighted by Crippen LogP contribution is 2.15. The van der Waals surface area contributed by atoms with Crippen LogP contribution in [-0.4, -0.2) is 18.6 Å². The van der Waals surface area contributed by atoms with E-state index in [0.29, 0.717) is 5.02 Å². The molecule has 0 radical (unpaired) electrons. The van der Waals surface area contributed by atoms with E-state index < -0.39 is 18.6 Å². The summed E-state index contributed by atoms with van der Waals surface area (Å²) in [7, 11) is 0. The van der Waals surface area contributed by atoms with Gasteiger partial charge in [0.25, 0.3) is 6.55 Å². The minimum absolute atomic E-state index is 0.261. The number of hydrogen-bond acceptors (Lipinski definition) is 3. The van der Waals surface area contributed by atoms with Crippen LogP contribution >= 0.6 is 11.6 Å². The largest absolute Gasteiger partial charge is 0.425 e. The van der Waals surface area contributed by atoms with Gasteiger partial charge in [0, 0.05) is 5.02 Å². The molecule has 0 heterocycles. The van der Waals surface area contributed by atoms with Crippen molar-refractivity contribution in [3.05, 3.63) is 29.3 Å². The van der Waals surface area contributed by atoms with Gasteiger partial charge in [0.1, 0.15) is 11.8 Å². The summed E-state index contributed by atoms with van der Waals surface area (Å²) in [6.45, 7) is -1.46. The predicted molar refractivity (Wildman–Crippen MR) is 55.7 cm³/mol. The molecule has 1 aromatic carbocycles. The highest BCUT2D eigenvalue weighted by Gasteiger charge is 2.18. The number of benzene rings is 1. The second-order valence-electron chi connectivity index (χ2n) is 3.06. The molecule has 1 atom stereocenters. The SMILES string of the molecule is C[C@H](NC(F)F)C(=O)Oc1ccc(Cl)cc1. The Bertz CT molecular complexity index is 356. The van der Waals surface area contributed by atoms with Gasteiger partial charge in [0.2, 0.25) is 0 Å². The molecule has 0 aliphatic carbocycles. The predicted octanol–water partition coefficient (Wildman–Crippen LogP) is 2.45. The lowest BCUT2D eigenvalue weighted by molar-refractivity contribution is -0.137. The molecule has 0 saturated heterocycles. The molecule has 16 heavy (non-hydrogen) atoms. The lowest BCUT2D eigenvalue weighted by Crippen LogP contribution is -2.39. The molecule has 0 fully saturated rings. The lowest BCUT2D eigenvalue weighted by Gasteiger charge is -2.12. The number of ether oxygens (including phenoxy) is 1. The third kappa shape index (κ3) is 4.12. The van der Waals surface area contributed by atoms with Crippen molar-refractivity contribution in [1.82, 2.24) is 5.32 Å². The first-order chi connectivity index (χ1) is 7.49. The van der Waals surface area contributed by atoms with E-state index in [1.807, 2.05) is 0 Å². The van der Waals surface area contributed by atoms with Crippen LogP contribution in [0.15, 0.2) is 24.3 Å². The summed E-state index contributed by atoms with van der Waals surface area (Å²) in [4.78, 5) is 11.3. The number of esters is 1. The van der Waals surface area contributed by atoms with Gasteiger partial charge >= 0.3 is 5.97 Å². The molecule has 0 bridgehead atoms. The van der Waals surface area contributed by atoms with Gasteiger partial charge in [-0.25, -0.2) is 10.1 Å². The Hall–Kier alpha value is -1.20. The highest BCUT2D eigenvalue weighted by atomic mass is 35.5. The summed E-state index contributed by atoms with van der Waals surface area (Å²) in [5.41, 5.74) is 0. The summed E-state index contributed by atoms with van der Waals surface area (Å²) in [6.07, 6.45) is 0. The minimum atomic E-state index is -2.76. The van der Waals surface area contributed by atoms with Crippen molar-refractivity contribution >= 4 is 17.6 Å². The van der Waals surface area contributed by atoms with Gasteiger partial charge in [-0.15, -0.1) is 0 Å². The zero-order chi connectivity index (χ0) is 12.1. The maximum absolute atomic E-state index is 11.9. The van der Waals surface area contributed by atoms with Gasteiger partial charge in [-0.3, -0.25) is 0 Å². The Balaban J connectivity index is 2.54. The first-order valence-electron chi connectivity index (χ1n) is 4.50. The zero-order valence-electron chi connectivity index (χ0n) is 8.41. The van der Waals surface area contributed by atoms with E-state index in [4.69, 9.17) is 16.3 Å². The van der Waals surface area contributed by atoms with E-state index in [2.05, 4.69) is 0 Å². The van der Waals surface area contributed by atoms with E-state index in [0.717, 1.165) is 0 Å². The molecule has 3 nitrogen and oxygen atoms in total. The maximum Gasteiger partial charge on any atom is 0.328 e. The fourth-order valence-corrected chi connectivity index (χ4v) is 1.09. The van der Waals surface area contributed by atoms with Crippen LogP contribution in [0.4, 0.5) is 8.78 Å². The lowest BCUT2D eigenvalue weighted by atomic mass is 10.3. The average Bonchev–Trinajstić information content (AvgIpc) is 2.20. The van der Waals surface area contributed by atoms with E-state index in [1.165, 1.54) is 31.2 Å². The molecule has 0 spiro atoms. The van der Waals surface area contributed by atoms with Gasteiger partial charge in [-0.1, -0.05) is 11.6 Å². The summed E-state index contributed by atoms with van der Waals surface area (Å²) in [6, 6.07) is 4.96.